The third kappa shape index (κ3) is 5.09. The molecule has 1 aliphatic rings. The van der Waals surface area contributed by atoms with Crippen molar-refractivity contribution in [3.8, 4) is 21.3 Å². The second-order valence-electron chi connectivity index (χ2n) is 7.73. The van der Waals surface area contributed by atoms with Gasteiger partial charge in [0.05, 0.1) is 30.6 Å². The number of aliphatic imine (C=N–C) groups is 1. The molecule has 5 rings (SSSR count). The van der Waals surface area contributed by atoms with Crippen LogP contribution < -0.4 is 20.1 Å². The Bertz CT molecular complexity index is 1280. The second kappa shape index (κ2) is 10.3. The number of fused-ring (bicyclic) bond motifs is 1. The minimum atomic E-state index is -0.0681. The Kier molecular flexibility index (Phi) is 6.80. The van der Waals surface area contributed by atoms with Crippen molar-refractivity contribution in [2.75, 3.05) is 19.5 Å². The SMILES string of the molecule is COCc1ccc(-c2cc3c(s2)C(Nc2cccc(OCc4ccc(OC)cc4)c2)NC=N3)s1. The smallest absolute Gasteiger partial charge is 0.135 e. The van der Waals surface area contributed by atoms with E-state index in [1.54, 1.807) is 43.2 Å². The quantitative estimate of drug-likeness (QED) is 0.277. The zero-order chi connectivity index (χ0) is 23.3. The molecule has 0 saturated heterocycles. The summed E-state index contributed by atoms with van der Waals surface area (Å²) in [5, 5.41) is 6.92. The first-order valence-corrected chi connectivity index (χ1v) is 12.5. The first-order chi connectivity index (χ1) is 16.7. The van der Waals surface area contributed by atoms with Crippen LogP contribution in [0.2, 0.25) is 0 Å². The van der Waals surface area contributed by atoms with Gasteiger partial charge in [-0.05, 0) is 48.0 Å². The molecule has 3 heterocycles. The third-order valence-corrected chi connectivity index (χ3v) is 7.79. The highest BCUT2D eigenvalue weighted by molar-refractivity contribution is 7.22. The minimum Gasteiger partial charge on any atom is -0.497 e. The molecule has 0 aliphatic carbocycles. The number of rotatable bonds is 9. The molecule has 1 unspecified atom stereocenters. The van der Waals surface area contributed by atoms with E-state index in [0.29, 0.717) is 13.2 Å². The average Bonchev–Trinajstić information content (AvgIpc) is 3.51. The molecule has 1 atom stereocenters. The van der Waals surface area contributed by atoms with Crippen LogP contribution in [0.1, 0.15) is 21.5 Å². The van der Waals surface area contributed by atoms with Crippen molar-refractivity contribution in [1.82, 2.24) is 5.32 Å². The number of benzene rings is 2. The van der Waals surface area contributed by atoms with Crippen LogP contribution >= 0.6 is 22.7 Å². The van der Waals surface area contributed by atoms with Gasteiger partial charge in [-0.25, -0.2) is 4.99 Å². The molecule has 0 fully saturated rings. The van der Waals surface area contributed by atoms with Crippen LogP contribution in [0, 0.1) is 0 Å². The monoisotopic (exact) mass is 491 g/mol. The van der Waals surface area contributed by atoms with Crippen LogP contribution in [0.25, 0.3) is 9.75 Å². The van der Waals surface area contributed by atoms with Gasteiger partial charge in [0.1, 0.15) is 24.3 Å². The van der Waals surface area contributed by atoms with Gasteiger partial charge in [-0.1, -0.05) is 18.2 Å². The van der Waals surface area contributed by atoms with Gasteiger partial charge in [-0.2, -0.15) is 0 Å². The summed E-state index contributed by atoms with van der Waals surface area (Å²) in [7, 11) is 3.39. The molecule has 6 nitrogen and oxygen atoms in total. The van der Waals surface area contributed by atoms with Gasteiger partial charge in [-0.15, -0.1) is 22.7 Å². The zero-order valence-electron chi connectivity index (χ0n) is 18.9. The van der Waals surface area contributed by atoms with E-state index in [4.69, 9.17) is 14.2 Å². The van der Waals surface area contributed by atoms with Gasteiger partial charge in [0.15, 0.2) is 0 Å². The van der Waals surface area contributed by atoms with Crippen LogP contribution in [-0.2, 0) is 18.0 Å². The molecule has 0 bridgehead atoms. The number of methoxy groups -OCH3 is 2. The number of anilines is 1. The first-order valence-electron chi connectivity index (χ1n) is 10.8. The Hall–Kier alpha value is -3.33. The molecule has 174 valence electrons. The molecule has 1 aliphatic heterocycles. The topological polar surface area (TPSA) is 64.1 Å². The first kappa shape index (κ1) is 22.5. The van der Waals surface area contributed by atoms with Gasteiger partial charge in [0, 0.05) is 33.5 Å². The molecule has 2 N–H and O–H groups in total. The van der Waals surface area contributed by atoms with Gasteiger partial charge < -0.3 is 24.8 Å². The number of nitrogens with one attached hydrogen (secondary N) is 2. The van der Waals surface area contributed by atoms with Crippen molar-refractivity contribution < 1.29 is 14.2 Å². The largest absolute Gasteiger partial charge is 0.497 e. The third-order valence-electron chi connectivity index (χ3n) is 5.35. The van der Waals surface area contributed by atoms with E-state index >= 15 is 0 Å². The van der Waals surface area contributed by atoms with Crippen molar-refractivity contribution in [3.05, 3.63) is 82.0 Å². The molecule has 34 heavy (non-hydrogen) atoms. The van der Waals surface area contributed by atoms with Crippen LogP contribution in [0.3, 0.4) is 0 Å². The standard InChI is InChI=1S/C26H25N3O3S2/c1-30-15-21-10-11-23(33-21)24-13-22-25(34-24)26(28-16-27-22)29-18-4-3-5-20(12-18)32-14-17-6-8-19(31-2)9-7-17/h3-13,16,26,29H,14-15H2,1-2H3,(H,27,28). The molecule has 8 heteroatoms. The molecule has 0 spiro atoms. The number of ether oxygens (including phenoxy) is 3. The number of hydrogen-bond donors (Lipinski definition) is 2. The number of thiophene rings is 2. The summed E-state index contributed by atoms with van der Waals surface area (Å²) in [5.41, 5.74) is 3.05. The van der Waals surface area contributed by atoms with E-state index in [1.807, 2.05) is 48.5 Å². The fourth-order valence-electron chi connectivity index (χ4n) is 3.65. The fourth-order valence-corrected chi connectivity index (χ4v) is 5.83. The lowest BCUT2D eigenvalue weighted by Crippen LogP contribution is -2.28. The summed E-state index contributed by atoms with van der Waals surface area (Å²) >= 11 is 3.51. The van der Waals surface area contributed by atoms with E-state index in [-0.39, 0.29) is 6.17 Å². The van der Waals surface area contributed by atoms with Gasteiger partial charge >= 0.3 is 0 Å². The van der Waals surface area contributed by atoms with Crippen molar-refractivity contribution >= 4 is 40.4 Å². The maximum absolute atomic E-state index is 6.02. The molecule has 2 aromatic heterocycles. The minimum absolute atomic E-state index is 0.0681. The summed E-state index contributed by atoms with van der Waals surface area (Å²) < 4.78 is 16.5. The number of nitrogens with zero attached hydrogens (tertiary/aromatic N) is 1. The normalized spacial score (nSPS) is 14.4. The molecule has 0 radical (unpaired) electrons. The van der Waals surface area contributed by atoms with Crippen LogP contribution in [-0.4, -0.2) is 20.6 Å². The highest BCUT2D eigenvalue weighted by atomic mass is 32.1. The van der Waals surface area contributed by atoms with Gasteiger partial charge in [0.2, 0.25) is 0 Å². The molecule has 4 aromatic rings. The van der Waals surface area contributed by atoms with E-state index in [2.05, 4.69) is 33.8 Å². The lowest BCUT2D eigenvalue weighted by Gasteiger charge is -2.22. The summed E-state index contributed by atoms with van der Waals surface area (Å²) in [5.74, 6) is 1.64. The number of hydrogen-bond acceptors (Lipinski definition) is 8. The summed E-state index contributed by atoms with van der Waals surface area (Å²) in [6, 6.07) is 22.3. The Balaban J connectivity index is 1.27. The predicted octanol–water partition coefficient (Wildman–Crippen LogP) is 6.58. The van der Waals surface area contributed by atoms with Crippen molar-refractivity contribution in [2.24, 2.45) is 4.99 Å². The molecule has 0 amide bonds. The van der Waals surface area contributed by atoms with Crippen LogP contribution in [0.15, 0.2) is 71.7 Å². The molecule has 2 aromatic carbocycles. The highest BCUT2D eigenvalue weighted by Gasteiger charge is 2.22. The Morgan fingerprint density at radius 3 is 2.62 bits per heavy atom. The summed E-state index contributed by atoms with van der Waals surface area (Å²) in [6.07, 6.45) is 1.69. The van der Waals surface area contributed by atoms with E-state index in [0.717, 1.165) is 33.3 Å². The summed E-state index contributed by atoms with van der Waals surface area (Å²) in [4.78, 5) is 9.36. The summed E-state index contributed by atoms with van der Waals surface area (Å²) in [6.45, 7) is 1.13. The maximum atomic E-state index is 6.02. The van der Waals surface area contributed by atoms with E-state index in [1.165, 1.54) is 14.6 Å². The molecular formula is C26H25N3O3S2. The van der Waals surface area contributed by atoms with E-state index in [9.17, 15) is 0 Å². The fraction of sp³-hybridized carbons (Fsp3) is 0.192. The molecule has 0 saturated carbocycles. The Morgan fingerprint density at radius 2 is 1.79 bits per heavy atom. The van der Waals surface area contributed by atoms with Gasteiger partial charge in [0.25, 0.3) is 0 Å². The maximum Gasteiger partial charge on any atom is 0.135 e. The zero-order valence-corrected chi connectivity index (χ0v) is 20.5. The highest BCUT2D eigenvalue weighted by Crippen LogP contribution is 2.43. The lowest BCUT2D eigenvalue weighted by molar-refractivity contribution is 0.187. The lowest BCUT2D eigenvalue weighted by atomic mass is 10.2. The van der Waals surface area contributed by atoms with Gasteiger partial charge in [-0.3, -0.25) is 0 Å². The van der Waals surface area contributed by atoms with Crippen molar-refractivity contribution in [3.63, 3.8) is 0 Å². The predicted molar refractivity (Wildman–Crippen MR) is 140 cm³/mol. The van der Waals surface area contributed by atoms with Crippen molar-refractivity contribution in [1.29, 1.82) is 0 Å². The van der Waals surface area contributed by atoms with Crippen LogP contribution in [0.5, 0.6) is 11.5 Å². The Morgan fingerprint density at radius 1 is 0.912 bits per heavy atom. The van der Waals surface area contributed by atoms with Crippen molar-refractivity contribution in [2.45, 2.75) is 19.4 Å². The van der Waals surface area contributed by atoms with E-state index < -0.39 is 0 Å². The Labute approximate surface area is 206 Å². The van der Waals surface area contributed by atoms with Crippen LogP contribution in [0.4, 0.5) is 11.4 Å². The molecular weight excluding hydrogens is 466 g/mol. The second-order valence-corrected chi connectivity index (χ2v) is 9.98. The average molecular weight is 492 g/mol.